The predicted octanol–water partition coefficient (Wildman–Crippen LogP) is 1.08. The molecule has 0 saturated heterocycles. The summed E-state index contributed by atoms with van der Waals surface area (Å²) in [5, 5.41) is 8.59. The Labute approximate surface area is 70.8 Å². The van der Waals surface area contributed by atoms with Crippen LogP contribution in [0.3, 0.4) is 0 Å². The quantitative estimate of drug-likeness (QED) is 0.686. The first-order valence-electron chi connectivity index (χ1n) is 4.46. The average Bonchev–Trinajstić information content (AvgIpc) is 2.59. The highest BCUT2D eigenvalue weighted by molar-refractivity contribution is 5.92. The van der Waals surface area contributed by atoms with Gasteiger partial charge in [0.1, 0.15) is 5.78 Å². The third kappa shape index (κ3) is 1.13. The zero-order valence-electron chi connectivity index (χ0n) is 6.82. The number of aliphatic carboxylic acids is 1. The number of carbonyl (C=O) groups excluding carboxylic acids is 1. The van der Waals surface area contributed by atoms with Gasteiger partial charge in [0.2, 0.25) is 0 Å². The van der Waals surface area contributed by atoms with Crippen LogP contribution in [0.5, 0.6) is 0 Å². The number of rotatable bonds is 3. The van der Waals surface area contributed by atoms with Crippen LogP contribution in [0.15, 0.2) is 0 Å². The fourth-order valence-corrected chi connectivity index (χ4v) is 1.78. The molecule has 0 heterocycles. The second-order valence-electron chi connectivity index (χ2n) is 3.82. The second kappa shape index (κ2) is 2.57. The lowest BCUT2D eigenvalue weighted by atomic mass is 9.80. The van der Waals surface area contributed by atoms with Crippen molar-refractivity contribution < 1.29 is 14.7 Å². The van der Waals surface area contributed by atoms with Crippen LogP contribution in [0.1, 0.15) is 25.7 Å². The number of hydrogen-bond acceptors (Lipinski definition) is 2. The van der Waals surface area contributed by atoms with Gasteiger partial charge in [-0.25, -0.2) is 0 Å². The lowest BCUT2D eigenvalue weighted by Crippen LogP contribution is -2.24. The van der Waals surface area contributed by atoms with Crippen molar-refractivity contribution in [2.24, 2.45) is 17.8 Å². The van der Waals surface area contributed by atoms with E-state index in [1.807, 2.05) is 0 Å². The Bertz CT molecular complexity index is 230. The second-order valence-corrected chi connectivity index (χ2v) is 3.82. The molecule has 1 N–H and O–H groups in total. The van der Waals surface area contributed by atoms with Crippen molar-refractivity contribution in [1.29, 1.82) is 0 Å². The molecule has 3 heteroatoms. The molecule has 0 aromatic heterocycles. The third-order valence-corrected chi connectivity index (χ3v) is 2.98. The van der Waals surface area contributed by atoms with Gasteiger partial charge in [-0.15, -0.1) is 0 Å². The van der Waals surface area contributed by atoms with Crippen molar-refractivity contribution in [3.63, 3.8) is 0 Å². The number of hydrogen-bond donors (Lipinski definition) is 1. The number of carboxylic acids is 1. The van der Waals surface area contributed by atoms with Crippen molar-refractivity contribution in [3.05, 3.63) is 0 Å². The maximum atomic E-state index is 11.4. The van der Waals surface area contributed by atoms with Crippen molar-refractivity contribution in [2.45, 2.75) is 25.7 Å². The van der Waals surface area contributed by atoms with Crippen molar-refractivity contribution in [1.82, 2.24) is 0 Å². The maximum absolute atomic E-state index is 11.4. The molecule has 2 fully saturated rings. The smallest absolute Gasteiger partial charge is 0.307 e. The van der Waals surface area contributed by atoms with Gasteiger partial charge in [0.15, 0.2) is 0 Å². The molecule has 2 rings (SSSR count). The molecule has 0 amide bonds. The highest BCUT2D eigenvalue weighted by atomic mass is 16.4. The molecule has 66 valence electrons. The molecule has 0 aromatic rings. The fraction of sp³-hybridized carbons (Fsp3) is 0.778. The van der Waals surface area contributed by atoms with E-state index in [4.69, 9.17) is 5.11 Å². The molecular weight excluding hydrogens is 156 g/mol. The molecule has 2 saturated carbocycles. The number of carboxylic acid groups (broad SMARTS) is 1. The van der Waals surface area contributed by atoms with Crippen LogP contribution < -0.4 is 0 Å². The van der Waals surface area contributed by atoms with Gasteiger partial charge in [-0.1, -0.05) is 6.42 Å². The van der Waals surface area contributed by atoms with Gasteiger partial charge in [-0.05, 0) is 19.3 Å². The summed E-state index contributed by atoms with van der Waals surface area (Å²) in [6, 6.07) is 0. The minimum Gasteiger partial charge on any atom is -0.481 e. The van der Waals surface area contributed by atoms with E-state index in [1.165, 1.54) is 0 Å². The summed E-state index contributed by atoms with van der Waals surface area (Å²) in [7, 11) is 0. The van der Waals surface area contributed by atoms with Crippen LogP contribution >= 0.6 is 0 Å². The topological polar surface area (TPSA) is 54.4 Å². The summed E-state index contributed by atoms with van der Waals surface area (Å²) in [5.74, 6) is -0.855. The van der Waals surface area contributed by atoms with E-state index in [1.54, 1.807) is 0 Å². The van der Waals surface area contributed by atoms with Crippen molar-refractivity contribution >= 4 is 11.8 Å². The average molecular weight is 168 g/mol. The molecule has 0 spiro atoms. The van der Waals surface area contributed by atoms with Crippen molar-refractivity contribution in [2.75, 3.05) is 0 Å². The number of carbonyl (C=O) groups is 2. The fourth-order valence-electron chi connectivity index (χ4n) is 1.78. The highest BCUT2D eigenvalue weighted by Gasteiger charge is 2.50. The highest BCUT2D eigenvalue weighted by Crippen LogP contribution is 2.44. The lowest BCUT2D eigenvalue weighted by molar-refractivity contribution is -0.140. The molecular formula is C9H12O3. The molecule has 2 aliphatic carbocycles. The predicted molar refractivity (Wildman–Crippen MR) is 41.6 cm³/mol. The Morgan fingerprint density at radius 1 is 1.17 bits per heavy atom. The summed E-state index contributed by atoms with van der Waals surface area (Å²) in [5.41, 5.74) is 0. The molecule has 2 atom stereocenters. The van der Waals surface area contributed by atoms with E-state index in [-0.39, 0.29) is 23.5 Å². The van der Waals surface area contributed by atoms with Gasteiger partial charge >= 0.3 is 5.97 Å². The first-order valence-corrected chi connectivity index (χ1v) is 4.46. The lowest BCUT2D eigenvalue weighted by Gasteiger charge is -2.23. The molecule has 0 aromatic carbocycles. The zero-order valence-corrected chi connectivity index (χ0v) is 6.82. The van der Waals surface area contributed by atoms with Crippen LogP contribution in [0.2, 0.25) is 0 Å². The van der Waals surface area contributed by atoms with Crippen LogP contribution in [0, 0.1) is 17.8 Å². The zero-order chi connectivity index (χ0) is 8.72. The molecule has 0 radical (unpaired) electrons. The molecule has 3 nitrogen and oxygen atoms in total. The Morgan fingerprint density at radius 2 is 1.83 bits per heavy atom. The summed E-state index contributed by atoms with van der Waals surface area (Å²) in [6.45, 7) is 0. The van der Waals surface area contributed by atoms with Gasteiger partial charge in [-0.2, -0.15) is 0 Å². The SMILES string of the molecule is O=C(O)C1CC1C(=O)C1CCC1. The third-order valence-electron chi connectivity index (χ3n) is 2.98. The van der Waals surface area contributed by atoms with E-state index in [2.05, 4.69) is 0 Å². The van der Waals surface area contributed by atoms with Crippen LogP contribution in [0.25, 0.3) is 0 Å². The largest absolute Gasteiger partial charge is 0.481 e. The first kappa shape index (κ1) is 7.77. The van der Waals surface area contributed by atoms with E-state index in [0.29, 0.717) is 6.42 Å². The number of Topliss-reactive ketones (excluding diaryl/α,β-unsaturated/α-hetero) is 1. The molecule has 0 aliphatic heterocycles. The van der Waals surface area contributed by atoms with Gasteiger partial charge < -0.3 is 5.11 Å². The number of ketones is 1. The van der Waals surface area contributed by atoms with Gasteiger partial charge in [-0.3, -0.25) is 9.59 Å². The Balaban J connectivity index is 1.87. The summed E-state index contributed by atoms with van der Waals surface area (Å²) in [6.07, 6.45) is 3.70. The molecule has 0 bridgehead atoms. The Hall–Kier alpha value is -0.860. The van der Waals surface area contributed by atoms with Crippen LogP contribution in [-0.2, 0) is 9.59 Å². The van der Waals surface area contributed by atoms with Crippen molar-refractivity contribution in [3.8, 4) is 0 Å². The summed E-state index contributed by atoms with van der Waals surface area (Å²) < 4.78 is 0. The van der Waals surface area contributed by atoms with E-state index in [9.17, 15) is 9.59 Å². The maximum Gasteiger partial charge on any atom is 0.307 e. The summed E-state index contributed by atoms with van der Waals surface area (Å²) >= 11 is 0. The first-order chi connectivity index (χ1) is 5.70. The van der Waals surface area contributed by atoms with Gasteiger partial charge in [0.25, 0.3) is 0 Å². The van der Waals surface area contributed by atoms with E-state index < -0.39 is 5.97 Å². The van der Waals surface area contributed by atoms with Gasteiger partial charge in [0, 0.05) is 11.8 Å². The monoisotopic (exact) mass is 168 g/mol. The van der Waals surface area contributed by atoms with Gasteiger partial charge in [0.05, 0.1) is 5.92 Å². The van der Waals surface area contributed by atoms with Crippen LogP contribution in [0.4, 0.5) is 0 Å². The minimum atomic E-state index is -0.798. The Morgan fingerprint density at radius 3 is 2.17 bits per heavy atom. The molecule has 12 heavy (non-hydrogen) atoms. The van der Waals surface area contributed by atoms with E-state index in [0.717, 1.165) is 19.3 Å². The molecule has 2 aliphatic rings. The standard InChI is InChI=1S/C9H12O3/c10-8(5-2-1-3-5)6-4-7(6)9(11)12/h5-7H,1-4H2,(H,11,12). The van der Waals surface area contributed by atoms with Crippen LogP contribution in [-0.4, -0.2) is 16.9 Å². The van der Waals surface area contributed by atoms with E-state index >= 15 is 0 Å². The minimum absolute atomic E-state index is 0.132. The Kier molecular flexibility index (Phi) is 1.67. The normalized spacial score (nSPS) is 34.0. The summed E-state index contributed by atoms with van der Waals surface area (Å²) in [4.78, 5) is 21.9. The molecule has 2 unspecified atom stereocenters.